The van der Waals surface area contributed by atoms with E-state index in [1.54, 1.807) is 12.1 Å². The molecular formula is C12H14ClNO3S. The Morgan fingerprint density at radius 3 is 2.33 bits per heavy atom. The van der Waals surface area contributed by atoms with Gasteiger partial charge in [-0.15, -0.1) is 0 Å². The summed E-state index contributed by atoms with van der Waals surface area (Å²) in [5.74, 6) is 0.228. The van der Waals surface area contributed by atoms with Crippen molar-refractivity contribution >= 4 is 25.6 Å². The zero-order valence-electron chi connectivity index (χ0n) is 9.89. The van der Waals surface area contributed by atoms with Gasteiger partial charge in [-0.05, 0) is 37.5 Å². The standard InChI is InChI=1S/C12H14ClNO3S/c1-8(14-12(15)10-2-3-10)9-4-6-11(7-5-9)18(13,16)17/h4-8,10H,2-3H2,1H3,(H,14,15). The smallest absolute Gasteiger partial charge is 0.261 e. The minimum Gasteiger partial charge on any atom is -0.349 e. The summed E-state index contributed by atoms with van der Waals surface area (Å²) in [6.45, 7) is 1.87. The maximum atomic E-state index is 11.6. The Morgan fingerprint density at radius 1 is 1.33 bits per heavy atom. The third kappa shape index (κ3) is 3.23. The lowest BCUT2D eigenvalue weighted by Crippen LogP contribution is -2.27. The molecule has 1 aromatic carbocycles. The van der Waals surface area contributed by atoms with Gasteiger partial charge < -0.3 is 5.32 Å². The van der Waals surface area contributed by atoms with Crippen LogP contribution in [0.5, 0.6) is 0 Å². The van der Waals surface area contributed by atoms with Gasteiger partial charge in [0.05, 0.1) is 10.9 Å². The molecule has 0 heterocycles. The zero-order chi connectivity index (χ0) is 13.3. The van der Waals surface area contributed by atoms with Crippen LogP contribution in [0.2, 0.25) is 0 Å². The quantitative estimate of drug-likeness (QED) is 0.864. The van der Waals surface area contributed by atoms with Crippen LogP contribution in [0.25, 0.3) is 0 Å². The van der Waals surface area contributed by atoms with Crippen molar-refractivity contribution in [3.63, 3.8) is 0 Å². The van der Waals surface area contributed by atoms with Gasteiger partial charge in [-0.25, -0.2) is 8.42 Å². The van der Waals surface area contributed by atoms with Crippen LogP contribution in [0, 0.1) is 5.92 Å². The van der Waals surface area contributed by atoms with E-state index >= 15 is 0 Å². The van der Waals surface area contributed by atoms with Gasteiger partial charge in [0.25, 0.3) is 9.05 Å². The molecule has 1 aliphatic rings. The summed E-state index contributed by atoms with van der Waals surface area (Å²) in [5.41, 5.74) is 0.855. The maximum Gasteiger partial charge on any atom is 0.261 e. The second kappa shape index (κ2) is 4.90. The fourth-order valence-corrected chi connectivity index (χ4v) is 2.45. The van der Waals surface area contributed by atoms with Crippen molar-refractivity contribution in [1.29, 1.82) is 0 Å². The lowest BCUT2D eigenvalue weighted by Gasteiger charge is -2.14. The SMILES string of the molecule is CC(NC(=O)C1CC1)c1ccc(S(=O)(=O)Cl)cc1. The first-order chi connectivity index (χ1) is 8.38. The molecule has 1 aliphatic carbocycles. The van der Waals surface area contributed by atoms with Gasteiger partial charge in [-0.2, -0.15) is 0 Å². The number of hydrogen-bond donors (Lipinski definition) is 1. The largest absolute Gasteiger partial charge is 0.349 e. The fraction of sp³-hybridized carbons (Fsp3) is 0.417. The second-order valence-electron chi connectivity index (χ2n) is 4.51. The molecule has 2 rings (SSSR count). The molecule has 6 heteroatoms. The Kier molecular flexibility index (Phi) is 3.64. The molecule has 98 valence electrons. The Morgan fingerprint density at radius 2 is 1.89 bits per heavy atom. The van der Waals surface area contributed by atoms with Crippen LogP contribution in [-0.4, -0.2) is 14.3 Å². The summed E-state index contributed by atoms with van der Waals surface area (Å²) in [4.78, 5) is 11.7. The molecule has 0 spiro atoms. The third-order valence-electron chi connectivity index (χ3n) is 2.97. The minimum absolute atomic E-state index is 0.0636. The van der Waals surface area contributed by atoms with Crippen LogP contribution < -0.4 is 5.32 Å². The molecule has 4 nitrogen and oxygen atoms in total. The van der Waals surface area contributed by atoms with Crippen LogP contribution >= 0.6 is 10.7 Å². The minimum atomic E-state index is -3.69. The Bertz CT molecular complexity index is 549. The van der Waals surface area contributed by atoms with Crippen molar-refractivity contribution in [3.8, 4) is 0 Å². The number of halogens is 1. The number of hydrogen-bond acceptors (Lipinski definition) is 3. The van der Waals surface area contributed by atoms with Crippen LogP contribution in [0.3, 0.4) is 0 Å². The van der Waals surface area contributed by atoms with Gasteiger partial charge in [-0.3, -0.25) is 4.79 Å². The first-order valence-corrected chi connectivity index (χ1v) is 8.04. The Balaban J connectivity index is 2.06. The van der Waals surface area contributed by atoms with Crippen LogP contribution in [-0.2, 0) is 13.8 Å². The van der Waals surface area contributed by atoms with E-state index in [1.165, 1.54) is 12.1 Å². The topological polar surface area (TPSA) is 63.2 Å². The molecule has 18 heavy (non-hydrogen) atoms. The molecule has 1 fully saturated rings. The molecule has 1 saturated carbocycles. The van der Waals surface area contributed by atoms with Crippen LogP contribution in [0.1, 0.15) is 31.4 Å². The monoisotopic (exact) mass is 287 g/mol. The predicted octanol–water partition coefficient (Wildman–Crippen LogP) is 2.20. The van der Waals surface area contributed by atoms with Gasteiger partial charge in [-0.1, -0.05) is 12.1 Å². The molecular weight excluding hydrogens is 274 g/mol. The highest BCUT2D eigenvalue weighted by Gasteiger charge is 2.30. The summed E-state index contributed by atoms with van der Waals surface area (Å²) in [7, 11) is 1.54. The molecule has 0 radical (unpaired) electrons. The number of carbonyl (C=O) groups is 1. The van der Waals surface area contributed by atoms with Crippen molar-refractivity contribution in [2.75, 3.05) is 0 Å². The van der Waals surface area contributed by atoms with E-state index in [1.807, 2.05) is 6.92 Å². The molecule has 0 saturated heterocycles. The summed E-state index contributed by atoms with van der Waals surface area (Å²) in [6.07, 6.45) is 1.92. The Labute approximate surface area is 111 Å². The molecule has 1 unspecified atom stereocenters. The van der Waals surface area contributed by atoms with E-state index < -0.39 is 9.05 Å². The summed E-state index contributed by atoms with van der Waals surface area (Å²) >= 11 is 0. The normalized spacial score (nSPS) is 17.2. The number of nitrogens with one attached hydrogen (secondary N) is 1. The fourth-order valence-electron chi connectivity index (χ4n) is 1.68. The molecule has 1 N–H and O–H groups in total. The number of amides is 1. The molecule has 1 aromatic rings. The van der Waals surface area contributed by atoms with Crippen molar-refractivity contribution in [2.24, 2.45) is 5.92 Å². The molecule has 0 bridgehead atoms. The number of benzene rings is 1. The molecule has 0 aliphatic heterocycles. The average molecular weight is 288 g/mol. The third-order valence-corrected chi connectivity index (χ3v) is 4.34. The second-order valence-corrected chi connectivity index (χ2v) is 7.08. The highest BCUT2D eigenvalue weighted by molar-refractivity contribution is 8.13. The highest BCUT2D eigenvalue weighted by Crippen LogP contribution is 2.29. The van der Waals surface area contributed by atoms with E-state index in [2.05, 4.69) is 5.32 Å². The number of rotatable bonds is 4. The summed E-state index contributed by atoms with van der Waals surface area (Å²) < 4.78 is 22.2. The van der Waals surface area contributed by atoms with Gasteiger partial charge in [0.15, 0.2) is 0 Å². The van der Waals surface area contributed by atoms with Gasteiger partial charge >= 0.3 is 0 Å². The van der Waals surface area contributed by atoms with Crippen LogP contribution in [0.15, 0.2) is 29.2 Å². The van der Waals surface area contributed by atoms with Gasteiger partial charge in [0.2, 0.25) is 5.91 Å². The molecule has 1 atom stereocenters. The van der Waals surface area contributed by atoms with Crippen molar-refractivity contribution in [1.82, 2.24) is 5.32 Å². The average Bonchev–Trinajstić information content (AvgIpc) is 3.11. The first kappa shape index (κ1) is 13.4. The van der Waals surface area contributed by atoms with Crippen LogP contribution in [0.4, 0.5) is 0 Å². The van der Waals surface area contributed by atoms with Crippen molar-refractivity contribution in [2.45, 2.75) is 30.7 Å². The summed E-state index contributed by atoms with van der Waals surface area (Å²) in [5, 5.41) is 2.89. The van der Waals surface area contributed by atoms with E-state index in [9.17, 15) is 13.2 Å². The first-order valence-electron chi connectivity index (χ1n) is 5.73. The predicted molar refractivity (Wildman–Crippen MR) is 68.8 cm³/mol. The lowest BCUT2D eigenvalue weighted by atomic mass is 10.1. The van der Waals surface area contributed by atoms with Gasteiger partial charge in [0, 0.05) is 16.6 Å². The summed E-state index contributed by atoms with van der Waals surface area (Å²) in [6, 6.07) is 6.07. The molecule has 0 aromatic heterocycles. The van der Waals surface area contributed by atoms with E-state index in [-0.39, 0.29) is 22.8 Å². The molecule has 1 amide bonds. The van der Waals surface area contributed by atoms with E-state index in [4.69, 9.17) is 10.7 Å². The maximum absolute atomic E-state index is 11.6. The Hall–Kier alpha value is -1.07. The van der Waals surface area contributed by atoms with Gasteiger partial charge in [0.1, 0.15) is 0 Å². The van der Waals surface area contributed by atoms with E-state index in [0.29, 0.717) is 0 Å². The zero-order valence-corrected chi connectivity index (χ0v) is 11.5. The number of carbonyl (C=O) groups excluding carboxylic acids is 1. The highest BCUT2D eigenvalue weighted by atomic mass is 35.7. The van der Waals surface area contributed by atoms with Crippen molar-refractivity contribution in [3.05, 3.63) is 29.8 Å². The lowest BCUT2D eigenvalue weighted by molar-refractivity contribution is -0.122. The van der Waals surface area contributed by atoms with E-state index in [0.717, 1.165) is 18.4 Å². The van der Waals surface area contributed by atoms with Crippen molar-refractivity contribution < 1.29 is 13.2 Å².